The van der Waals surface area contributed by atoms with Crippen molar-refractivity contribution in [2.45, 2.75) is 0 Å². The lowest BCUT2D eigenvalue weighted by Gasteiger charge is -2.13. The number of fused-ring (bicyclic) bond motifs is 9. The minimum absolute atomic E-state index is 0.783. The molecule has 7 nitrogen and oxygen atoms in total. The number of hydrogen-bond acceptors (Lipinski definition) is 5. The first-order chi connectivity index (χ1) is 31.2. The number of furan rings is 1. The van der Waals surface area contributed by atoms with Crippen LogP contribution in [0.4, 0.5) is 0 Å². The Bertz CT molecular complexity index is 3860. The van der Waals surface area contributed by atoms with Crippen molar-refractivity contribution in [1.82, 2.24) is 29.1 Å². The van der Waals surface area contributed by atoms with E-state index in [0.29, 0.717) is 0 Å². The Morgan fingerprint density at radius 2 is 0.937 bits per heavy atom. The molecule has 13 aromatic rings. The Hall–Kier alpha value is -8.68. The third kappa shape index (κ3) is 5.67. The molecule has 0 amide bonds. The molecule has 0 bridgehead atoms. The van der Waals surface area contributed by atoms with E-state index in [1.165, 1.54) is 5.39 Å². The van der Waals surface area contributed by atoms with Crippen molar-refractivity contribution in [2.75, 3.05) is 0 Å². The summed E-state index contributed by atoms with van der Waals surface area (Å²) >= 11 is 0. The fourth-order valence-electron chi connectivity index (χ4n) is 9.35. The minimum Gasteiger partial charge on any atom is -0.454 e. The molecule has 0 aliphatic carbocycles. The van der Waals surface area contributed by atoms with Crippen LogP contribution in [0, 0.1) is 0 Å². The zero-order chi connectivity index (χ0) is 41.4. The number of rotatable bonds is 6. The summed E-state index contributed by atoms with van der Waals surface area (Å²) in [4.78, 5) is 19.9. The molecule has 6 aromatic heterocycles. The lowest BCUT2D eigenvalue weighted by molar-refractivity contribution is 0.668. The second-order valence-corrected chi connectivity index (χ2v) is 15.9. The van der Waals surface area contributed by atoms with E-state index >= 15 is 0 Å². The number of hydrogen-bond donors (Lipinski definition) is 0. The Morgan fingerprint density at radius 1 is 0.349 bits per heavy atom. The zero-order valence-electron chi connectivity index (χ0n) is 33.7. The molecule has 6 heterocycles. The summed E-state index contributed by atoms with van der Waals surface area (Å²) in [7, 11) is 0. The van der Waals surface area contributed by atoms with Crippen molar-refractivity contribution in [3.63, 3.8) is 0 Å². The van der Waals surface area contributed by atoms with Crippen LogP contribution >= 0.6 is 0 Å². The standard InChI is InChI=1S/C56H34N6O/c1-3-12-35(13-4-1)46-31-40(32-47(59-46)36-14-5-2-6-15-36)62-50-18-9-7-16-41(50)43-24-21-38(29-53(43)62)49-34-57-33-48(60-49)37-22-25-52-44(28-37)42-17-8-10-19-51(42)61(52)39-23-26-54-45(30-39)56-55(63-54)20-11-27-58-56/h1-34H. The topological polar surface area (TPSA) is 74.6 Å². The van der Waals surface area contributed by atoms with E-state index in [2.05, 4.69) is 172 Å². The second kappa shape index (κ2) is 13.9. The van der Waals surface area contributed by atoms with E-state index in [-0.39, 0.29) is 0 Å². The molecule has 0 radical (unpaired) electrons. The molecule has 7 heteroatoms. The van der Waals surface area contributed by atoms with Crippen molar-refractivity contribution < 1.29 is 4.42 Å². The van der Waals surface area contributed by atoms with E-state index in [1.807, 2.05) is 48.9 Å². The Morgan fingerprint density at radius 3 is 1.67 bits per heavy atom. The van der Waals surface area contributed by atoms with E-state index in [1.54, 1.807) is 0 Å². The molecule has 0 aliphatic heterocycles. The van der Waals surface area contributed by atoms with Gasteiger partial charge in [0.2, 0.25) is 0 Å². The van der Waals surface area contributed by atoms with Gasteiger partial charge in [-0.05, 0) is 72.8 Å². The molecule has 0 atom stereocenters. The van der Waals surface area contributed by atoms with E-state index < -0.39 is 0 Å². The monoisotopic (exact) mass is 806 g/mol. The molecule has 0 N–H and O–H groups in total. The first kappa shape index (κ1) is 35.1. The van der Waals surface area contributed by atoms with E-state index in [4.69, 9.17) is 19.4 Å². The van der Waals surface area contributed by atoms with Gasteiger partial charge in [0, 0.05) is 61.1 Å². The molecule has 0 saturated carbocycles. The first-order valence-electron chi connectivity index (χ1n) is 21.0. The van der Waals surface area contributed by atoms with E-state index in [0.717, 1.165) is 117 Å². The van der Waals surface area contributed by atoms with Gasteiger partial charge in [-0.1, -0.05) is 115 Å². The predicted octanol–water partition coefficient (Wildman–Crippen LogP) is 14.0. The molecular formula is C56H34N6O. The van der Waals surface area contributed by atoms with Crippen molar-refractivity contribution >= 4 is 65.7 Å². The highest BCUT2D eigenvalue weighted by Crippen LogP contribution is 2.39. The molecule has 63 heavy (non-hydrogen) atoms. The molecule has 0 unspecified atom stereocenters. The van der Waals surface area contributed by atoms with Gasteiger partial charge in [0.15, 0.2) is 5.58 Å². The Labute approximate surface area is 360 Å². The highest BCUT2D eigenvalue weighted by atomic mass is 16.3. The molecule has 0 fully saturated rings. The normalized spacial score (nSPS) is 11.8. The summed E-state index contributed by atoms with van der Waals surface area (Å²) in [6, 6.07) is 65.8. The average Bonchev–Trinajstić information content (AvgIpc) is 4.01. The summed E-state index contributed by atoms with van der Waals surface area (Å²) in [5.41, 5.74) is 16.5. The quantitative estimate of drug-likeness (QED) is 0.167. The van der Waals surface area contributed by atoms with E-state index in [9.17, 15) is 0 Å². The van der Waals surface area contributed by atoms with Crippen molar-refractivity contribution in [3.8, 4) is 56.4 Å². The highest BCUT2D eigenvalue weighted by Gasteiger charge is 2.19. The lowest BCUT2D eigenvalue weighted by Crippen LogP contribution is -1.98. The van der Waals surface area contributed by atoms with Gasteiger partial charge in [-0.15, -0.1) is 0 Å². The molecule has 294 valence electrons. The van der Waals surface area contributed by atoms with Crippen LogP contribution in [-0.2, 0) is 0 Å². The maximum absolute atomic E-state index is 6.12. The highest BCUT2D eigenvalue weighted by molar-refractivity contribution is 6.12. The second-order valence-electron chi connectivity index (χ2n) is 15.9. The van der Waals surface area contributed by atoms with Gasteiger partial charge < -0.3 is 13.6 Å². The first-order valence-corrected chi connectivity index (χ1v) is 21.0. The summed E-state index contributed by atoms with van der Waals surface area (Å²) in [6.45, 7) is 0. The fourth-order valence-corrected chi connectivity index (χ4v) is 9.35. The molecule has 0 saturated heterocycles. The van der Waals surface area contributed by atoms with Crippen LogP contribution in [0.5, 0.6) is 0 Å². The van der Waals surface area contributed by atoms with Crippen LogP contribution in [-0.4, -0.2) is 29.1 Å². The van der Waals surface area contributed by atoms with Crippen LogP contribution in [0.3, 0.4) is 0 Å². The summed E-state index contributed by atoms with van der Waals surface area (Å²) < 4.78 is 10.8. The summed E-state index contributed by atoms with van der Waals surface area (Å²) in [6.07, 6.45) is 5.53. The maximum Gasteiger partial charge on any atom is 0.153 e. The lowest BCUT2D eigenvalue weighted by atomic mass is 10.1. The summed E-state index contributed by atoms with van der Waals surface area (Å²) in [5.74, 6) is 0. The predicted molar refractivity (Wildman–Crippen MR) is 255 cm³/mol. The van der Waals surface area contributed by atoms with Crippen molar-refractivity contribution in [3.05, 3.63) is 207 Å². The maximum atomic E-state index is 6.12. The fraction of sp³-hybridized carbons (Fsp3) is 0. The van der Waals surface area contributed by atoms with Gasteiger partial charge in [0.1, 0.15) is 11.1 Å². The molecule has 0 spiro atoms. The summed E-state index contributed by atoms with van der Waals surface area (Å²) in [5, 5.41) is 5.63. The third-order valence-electron chi connectivity index (χ3n) is 12.2. The van der Waals surface area contributed by atoms with Gasteiger partial charge in [-0.25, -0.2) is 9.97 Å². The SMILES string of the molecule is c1ccc(-c2cc(-n3c4ccccc4c4ccc(-c5cncc(-c6ccc7c(c6)c6ccccc6n7-c6ccc7oc8cccnc8c7c6)n5)cc43)cc(-c3ccccc3)n2)cc1. The third-order valence-corrected chi connectivity index (χ3v) is 12.2. The molecule has 13 rings (SSSR count). The molecule has 7 aromatic carbocycles. The largest absolute Gasteiger partial charge is 0.454 e. The Balaban J connectivity index is 0.942. The molecular weight excluding hydrogens is 773 g/mol. The number of pyridine rings is 2. The van der Waals surface area contributed by atoms with Crippen LogP contribution < -0.4 is 0 Å². The number of para-hydroxylation sites is 2. The minimum atomic E-state index is 0.783. The van der Waals surface area contributed by atoms with Crippen LogP contribution in [0.1, 0.15) is 0 Å². The number of benzene rings is 7. The molecule has 0 aliphatic rings. The van der Waals surface area contributed by atoms with Crippen LogP contribution in [0.2, 0.25) is 0 Å². The van der Waals surface area contributed by atoms with Crippen LogP contribution in [0.25, 0.3) is 122 Å². The average molecular weight is 807 g/mol. The van der Waals surface area contributed by atoms with Gasteiger partial charge in [-0.2, -0.15) is 0 Å². The van der Waals surface area contributed by atoms with Gasteiger partial charge in [0.05, 0.1) is 62.9 Å². The van der Waals surface area contributed by atoms with Gasteiger partial charge in [-0.3, -0.25) is 9.97 Å². The zero-order valence-corrected chi connectivity index (χ0v) is 33.7. The van der Waals surface area contributed by atoms with Crippen molar-refractivity contribution in [2.24, 2.45) is 0 Å². The smallest absolute Gasteiger partial charge is 0.153 e. The van der Waals surface area contributed by atoms with Gasteiger partial charge >= 0.3 is 0 Å². The van der Waals surface area contributed by atoms with Crippen LogP contribution in [0.15, 0.2) is 211 Å². The van der Waals surface area contributed by atoms with Gasteiger partial charge in [0.25, 0.3) is 0 Å². The Kier molecular flexibility index (Phi) is 7.77. The number of aromatic nitrogens is 6. The van der Waals surface area contributed by atoms with Crippen molar-refractivity contribution in [1.29, 1.82) is 0 Å². The number of nitrogens with zero attached hydrogens (tertiary/aromatic N) is 6.